The third-order valence-corrected chi connectivity index (χ3v) is 3.48. The summed E-state index contributed by atoms with van der Waals surface area (Å²) in [6.45, 7) is 2.90. The topological polar surface area (TPSA) is 63.4 Å². The Hall–Kier alpha value is -1.84. The number of rotatable bonds is 2. The van der Waals surface area contributed by atoms with Crippen molar-refractivity contribution in [2.75, 3.05) is 6.54 Å². The fourth-order valence-electron chi connectivity index (χ4n) is 2.34. The van der Waals surface area contributed by atoms with Crippen LogP contribution < -0.4 is 5.73 Å². The number of carbonyl (C=O) groups excluding carboxylic acids is 2. The van der Waals surface area contributed by atoms with Gasteiger partial charge in [0.2, 0.25) is 5.91 Å². The van der Waals surface area contributed by atoms with Crippen LogP contribution in [0.4, 0.5) is 0 Å². The first kappa shape index (κ1) is 12.6. The molecule has 2 N–H and O–H groups in total. The monoisotopic (exact) mass is 246 g/mol. The van der Waals surface area contributed by atoms with Crippen molar-refractivity contribution in [3.8, 4) is 0 Å². The fraction of sp³-hybridized carbons (Fsp3) is 0.429. The predicted octanol–water partition coefficient (Wildman–Crippen LogP) is 1.80. The lowest BCUT2D eigenvalue weighted by Crippen LogP contribution is -2.42. The number of likely N-dealkylation sites (tertiary alicyclic amines) is 1. The molecule has 1 aliphatic heterocycles. The van der Waals surface area contributed by atoms with Gasteiger partial charge in [0.05, 0.1) is 0 Å². The van der Waals surface area contributed by atoms with Crippen molar-refractivity contribution in [2.45, 2.75) is 32.2 Å². The van der Waals surface area contributed by atoms with E-state index >= 15 is 0 Å². The number of hydrogen-bond donors (Lipinski definition) is 1. The van der Waals surface area contributed by atoms with Crippen LogP contribution in [0, 0.1) is 0 Å². The highest BCUT2D eigenvalue weighted by Crippen LogP contribution is 2.19. The number of primary amides is 1. The predicted molar refractivity (Wildman–Crippen MR) is 69.3 cm³/mol. The van der Waals surface area contributed by atoms with Gasteiger partial charge in [0, 0.05) is 23.7 Å². The first-order valence-corrected chi connectivity index (χ1v) is 6.30. The molecular weight excluding hydrogens is 228 g/mol. The number of amides is 2. The van der Waals surface area contributed by atoms with Crippen molar-refractivity contribution in [2.24, 2.45) is 5.73 Å². The van der Waals surface area contributed by atoms with Gasteiger partial charge >= 0.3 is 0 Å². The van der Waals surface area contributed by atoms with E-state index in [1.807, 2.05) is 4.90 Å². The number of piperidine rings is 1. The maximum absolute atomic E-state index is 12.3. The second-order valence-corrected chi connectivity index (χ2v) is 4.78. The van der Waals surface area contributed by atoms with E-state index in [2.05, 4.69) is 6.92 Å². The summed E-state index contributed by atoms with van der Waals surface area (Å²) in [7, 11) is 0. The zero-order valence-electron chi connectivity index (χ0n) is 10.6. The van der Waals surface area contributed by atoms with E-state index in [9.17, 15) is 9.59 Å². The molecule has 0 saturated carbocycles. The maximum Gasteiger partial charge on any atom is 0.254 e. The molecule has 1 atom stereocenters. The molecule has 18 heavy (non-hydrogen) atoms. The summed E-state index contributed by atoms with van der Waals surface area (Å²) in [5, 5.41) is 0. The molecule has 1 aromatic rings. The van der Waals surface area contributed by atoms with Crippen LogP contribution in [0.2, 0.25) is 0 Å². The van der Waals surface area contributed by atoms with Crippen LogP contribution in [0.15, 0.2) is 24.3 Å². The van der Waals surface area contributed by atoms with Crippen molar-refractivity contribution in [3.05, 3.63) is 35.4 Å². The second kappa shape index (κ2) is 5.21. The molecule has 4 nitrogen and oxygen atoms in total. The molecule has 96 valence electrons. The third-order valence-electron chi connectivity index (χ3n) is 3.48. The Labute approximate surface area is 107 Å². The SMILES string of the molecule is CC1CCCCN1C(=O)c1ccc(C(N)=O)cc1. The summed E-state index contributed by atoms with van der Waals surface area (Å²) < 4.78 is 0. The van der Waals surface area contributed by atoms with Gasteiger partial charge in [-0.05, 0) is 50.5 Å². The highest BCUT2D eigenvalue weighted by molar-refractivity contribution is 5.97. The van der Waals surface area contributed by atoms with Crippen LogP contribution >= 0.6 is 0 Å². The highest BCUT2D eigenvalue weighted by Gasteiger charge is 2.24. The van der Waals surface area contributed by atoms with Crippen LogP contribution in [0.3, 0.4) is 0 Å². The summed E-state index contributed by atoms with van der Waals surface area (Å²) >= 11 is 0. The van der Waals surface area contributed by atoms with E-state index in [0.717, 1.165) is 19.4 Å². The Morgan fingerprint density at radius 3 is 2.33 bits per heavy atom. The average molecular weight is 246 g/mol. The Morgan fingerprint density at radius 2 is 1.78 bits per heavy atom. The van der Waals surface area contributed by atoms with Gasteiger partial charge in [0.25, 0.3) is 5.91 Å². The van der Waals surface area contributed by atoms with Crippen molar-refractivity contribution in [3.63, 3.8) is 0 Å². The normalized spacial score (nSPS) is 19.6. The van der Waals surface area contributed by atoms with Gasteiger partial charge < -0.3 is 10.6 Å². The Morgan fingerprint density at radius 1 is 1.17 bits per heavy atom. The number of nitrogens with zero attached hydrogens (tertiary/aromatic N) is 1. The van der Waals surface area contributed by atoms with Crippen molar-refractivity contribution in [1.82, 2.24) is 4.90 Å². The van der Waals surface area contributed by atoms with Gasteiger partial charge in [-0.1, -0.05) is 0 Å². The van der Waals surface area contributed by atoms with Crippen LogP contribution in [0.1, 0.15) is 46.9 Å². The molecule has 0 radical (unpaired) electrons. The molecule has 1 aliphatic rings. The molecule has 1 heterocycles. The first-order chi connectivity index (χ1) is 8.59. The minimum absolute atomic E-state index is 0.0400. The van der Waals surface area contributed by atoms with E-state index < -0.39 is 5.91 Å². The Balaban J connectivity index is 2.15. The molecule has 0 bridgehead atoms. The minimum atomic E-state index is -0.472. The van der Waals surface area contributed by atoms with E-state index in [1.165, 1.54) is 6.42 Å². The van der Waals surface area contributed by atoms with E-state index in [0.29, 0.717) is 17.2 Å². The maximum atomic E-state index is 12.3. The molecule has 1 unspecified atom stereocenters. The van der Waals surface area contributed by atoms with Crippen molar-refractivity contribution >= 4 is 11.8 Å². The lowest BCUT2D eigenvalue weighted by molar-refractivity contribution is 0.0635. The van der Waals surface area contributed by atoms with Crippen LogP contribution in [0.5, 0.6) is 0 Å². The molecule has 0 aromatic heterocycles. The summed E-state index contributed by atoms with van der Waals surface area (Å²) in [4.78, 5) is 25.2. The van der Waals surface area contributed by atoms with Crippen molar-refractivity contribution < 1.29 is 9.59 Å². The highest BCUT2D eigenvalue weighted by atomic mass is 16.2. The summed E-state index contributed by atoms with van der Waals surface area (Å²) in [6, 6.07) is 6.84. The average Bonchev–Trinajstić information content (AvgIpc) is 2.38. The summed E-state index contributed by atoms with van der Waals surface area (Å²) in [6.07, 6.45) is 3.31. The molecule has 4 heteroatoms. The lowest BCUT2D eigenvalue weighted by Gasteiger charge is -2.33. The van der Waals surface area contributed by atoms with E-state index in [-0.39, 0.29) is 5.91 Å². The zero-order chi connectivity index (χ0) is 13.1. The standard InChI is InChI=1S/C14H18N2O2/c1-10-4-2-3-9-16(10)14(18)12-7-5-11(6-8-12)13(15)17/h5-8,10H,2-4,9H2,1H3,(H2,15,17). The quantitative estimate of drug-likeness (QED) is 0.864. The molecule has 0 spiro atoms. The fourth-order valence-corrected chi connectivity index (χ4v) is 2.34. The number of benzene rings is 1. The van der Waals surface area contributed by atoms with Crippen LogP contribution in [-0.2, 0) is 0 Å². The lowest BCUT2D eigenvalue weighted by atomic mass is 10.0. The van der Waals surface area contributed by atoms with Gasteiger partial charge in [-0.25, -0.2) is 0 Å². The van der Waals surface area contributed by atoms with Crippen molar-refractivity contribution in [1.29, 1.82) is 0 Å². The third kappa shape index (κ3) is 2.53. The molecular formula is C14H18N2O2. The second-order valence-electron chi connectivity index (χ2n) is 4.78. The van der Waals surface area contributed by atoms with Gasteiger partial charge in [0.15, 0.2) is 0 Å². The molecule has 2 amide bonds. The van der Waals surface area contributed by atoms with Gasteiger partial charge in [0.1, 0.15) is 0 Å². The molecule has 1 saturated heterocycles. The van der Waals surface area contributed by atoms with Gasteiger partial charge in [-0.15, -0.1) is 0 Å². The Kier molecular flexibility index (Phi) is 3.65. The molecule has 0 aliphatic carbocycles. The minimum Gasteiger partial charge on any atom is -0.366 e. The first-order valence-electron chi connectivity index (χ1n) is 6.30. The molecule has 1 aromatic carbocycles. The van der Waals surface area contributed by atoms with Crippen LogP contribution in [-0.4, -0.2) is 29.3 Å². The molecule has 1 fully saturated rings. The number of carbonyl (C=O) groups is 2. The zero-order valence-corrected chi connectivity index (χ0v) is 10.6. The summed E-state index contributed by atoms with van der Waals surface area (Å²) in [5.41, 5.74) is 6.22. The number of nitrogens with two attached hydrogens (primary N) is 1. The van der Waals surface area contributed by atoms with Gasteiger partial charge in [-0.2, -0.15) is 0 Å². The summed E-state index contributed by atoms with van der Waals surface area (Å²) in [5.74, 6) is -0.432. The largest absolute Gasteiger partial charge is 0.366 e. The van der Waals surface area contributed by atoms with Crippen LogP contribution in [0.25, 0.3) is 0 Å². The molecule has 2 rings (SSSR count). The smallest absolute Gasteiger partial charge is 0.254 e. The van der Waals surface area contributed by atoms with E-state index in [1.54, 1.807) is 24.3 Å². The van der Waals surface area contributed by atoms with E-state index in [4.69, 9.17) is 5.73 Å². The Bertz CT molecular complexity index is 453. The number of hydrogen-bond acceptors (Lipinski definition) is 2. The van der Waals surface area contributed by atoms with Gasteiger partial charge in [-0.3, -0.25) is 9.59 Å².